The molecule has 0 aliphatic carbocycles. The molecule has 0 unspecified atom stereocenters. The lowest BCUT2D eigenvalue weighted by Crippen LogP contribution is -2.31. The van der Waals surface area contributed by atoms with Crippen LogP contribution in [0.5, 0.6) is 5.75 Å². The average molecular weight is 250 g/mol. The Hall–Kier alpha value is -1.71. The highest BCUT2D eigenvalue weighted by atomic mass is 16.5. The highest BCUT2D eigenvalue weighted by Gasteiger charge is 2.08. The summed E-state index contributed by atoms with van der Waals surface area (Å²) in [5.74, 6) is 1.01. The maximum atomic E-state index is 11.8. The van der Waals surface area contributed by atoms with Crippen LogP contribution in [-0.2, 0) is 4.79 Å². The molecular weight excluding hydrogens is 228 g/mol. The molecule has 18 heavy (non-hydrogen) atoms. The van der Waals surface area contributed by atoms with Crippen LogP contribution in [0.15, 0.2) is 24.3 Å². The first-order chi connectivity index (χ1) is 8.71. The van der Waals surface area contributed by atoms with Gasteiger partial charge in [-0.3, -0.25) is 4.79 Å². The van der Waals surface area contributed by atoms with Gasteiger partial charge in [0.25, 0.3) is 0 Å². The van der Waals surface area contributed by atoms with Gasteiger partial charge in [-0.25, -0.2) is 0 Å². The van der Waals surface area contributed by atoms with Crippen molar-refractivity contribution in [3.8, 4) is 5.75 Å². The standard InChI is InChI=1S/C14H22N2O2/c1-4-16(5-2)14(17)9-10-15-12-7-6-8-13(11-12)18-3/h6-8,11,15H,4-5,9-10H2,1-3H3. The van der Waals surface area contributed by atoms with Crippen molar-refractivity contribution in [2.45, 2.75) is 20.3 Å². The molecule has 0 aliphatic heterocycles. The molecule has 0 aliphatic rings. The molecular formula is C14H22N2O2. The van der Waals surface area contributed by atoms with Gasteiger partial charge in [-0.15, -0.1) is 0 Å². The zero-order chi connectivity index (χ0) is 13.4. The van der Waals surface area contributed by atoms with Crippen LogP contribution < -0.4 is 10.1 Å². The van der Waals surface area contributed by atoms with E-state index in [1.807, 2.05) is 43.0 Å². The predicted octanol–water partition coefficient (Wildman–Crippen LogP) is 2.37. The molecule has 0 heterocycles. The molecule has 0 saturated carbocycles. The number of carbonyl (C=O) groups excluding carboxylic acids is 1. The van der Waals surface area contributed by atoms with E-state index in [4.69, 9.17) is 4.74 Å². The Bertz CT molecular complexity index is 376. The summed E-state index contributed by atoms with van der Waals surface area (Å²) in [4.78, 5) is 13.6. The maximum Gasteiger partial charge on any atom is 0.224 e. The Balaban J connectivity index is 2.39. The van der Waals surface area contributed by atoms with Crippen LogP contribution in [0.4, 0.5) is 5.69 Å². The Labute approximate surface area is 109 Å². The van der Waals surface area contributed by atoms with E-state index in [0.717, 1.165) is 24.5 Å². The molecule has 1 N–H and O–H groups in total. The molecule has 0 spiro atoms. The van der Waals surface area contributed by atoms with E-state index < -0.39 is 0 Å². The second kappa shape index (κ2) is 7.58. The first-order valence-corrected chi connectivity index (χ1v) is 6.37. The van der Waals surface area contributed by atoms with Gasteiger partial charge >= 0.3 is 0 Å². The van der Waals surface area contributed by atoms with Gasteiger partial charge < -0.3 is 15.0 Å². The largest absolute Gasteiger partial charge is 0.497 e. The van der Waals surface area contributed by atoms with Crippen molar-refractivity contribution in [3.63, 3.8) is 0 Å². The minimum Gasteiger partial charge on any atom is -0.497 e. The minimum atomic E-state index is 0.190. The van der Waals surface area contributed by atoms with Crippen LogP contribution >= 0.6 is 0 Å². The van der Waals surface area contributed by atoms with Gasteiger partial charge in [0, 0.05) is 37.8 Å². The molecule has 0 atom stereocenters. The second-order valence-electron chi connectivity index (χ2n) is 3.97. The lowest BCUT2D eigenvalue weighted by Gasteiger charge is -2.18. The molecule has 4 nitrogen and oxygen atoms in total. The number of ether oxygens (including phenoxy) is 1. The number of benzene rings is 1. The van der Waals surface area contributed by atoms with Crippen molar-refractivity contribution in [3.05, 3.63) is 24.3 Å². The Morgan fingerprint density at radius 1 is 1.33 bits per heavy atom. The Morgan fingerprint density at radius 2 is 2.06 bits per heavy atom. The van der Waals surface area contributed by atoms with E-state index in [2.05, 4.69) is 5.32 Å². The summed E-state index contributed by atoms with van der Waals surface area (Å²) in [7, 11) is 1.64. The monoisotopic (exact) mass is 250 g/mol. The van der Waals surface area contributed by atoms with E-state index in [-0.39, 0.29) is 5.91 Å². The molecule has 0 bridgehead atoms. The predicted molar refractivity (Wildman–Crippen MR) is 74.0 cm³/mol. The van der Waals surface area contributed by atoms with Crippen LogP contribution in [0, 0.1) is 0 Å². The number of rotatable bonds is 7. The summed E-state index contributed by atoms with van der Waals surface area (Å²) in [6.07, 6.45) is 0.513. The van der Waals surface area contributed by atoms with E-state index in [9.17, 15) is 4.79 Å². The number of carbonyl (C=O) groups is 1. The normalized spacial score (nSPS) is 9.94. The summed E-state index contributed by atoms with van der Waals surface area (Å²) >= 11 is 0. The summed E-state index contributed by atoms with van der Waals surface area (Å²) < 4.78 is 5.14. The number of nitrogens with one attached hydrogen (secondary N) is 1. The third-order valence-corrected chi connectivity index (χ3v) is 2.85. The topological polar surface area (TPSA) is 41.6 Å². The summed E-state index contributed by atoms with van der Waals surface area (Å²) in [5, 5.41) is 3.23. The molecule has 1 rings (SSSR count). The van der Waals surface area contributed by atoms with Gasteiger partial charge in [-0.2, -0.15) is 0 Å². The van der Waals surface area contributed by atoms with E-state index in [0.29, 0.717) is 13.0 Å². The Kier molecular flexibility index (Phi) is 6.05. The van der Waals surface area contributed by atoms with Gasteiger partial charge in [0.15, 0.2) is 0 Å². The molecule has 0 radical (unpaired) electrons. The van der Waals surface area contributed by atoms with Crippen LogP contribution in [-0.4, -0.2) is 37.6 Å². The lowest BCUT2D eigenvalue weighted by molar-refractivity contribution is -0.130. The van der Waals surface area contributed by atoms with Gasteiger partial charge in [0.2, 0.25) is 5.91 Å². The van der Waals surface area contributed by atoms with Crippen molar-refractivity contribution in [2.75, 3.05) is 32.1 Å². The third kappa shape index (κ3) is 4.28. The van der Waals surface area contributed by atoms with E-state index in [1.54, 1.807) is 7.11 Å². The average Bonchev–Trinajstić information content (AvgIpc) is 2.40. The van der Waals surface area contributed by atoms with Gasteiger partial charge in [-0.1, -0.05) is 6.07 Å². The van der Waals surface area contributed by atoms with E-state index >= 15 is 0 Å². The van der Waals surface area contributed by atoms with Crippen molar-refractivity contribution in [1.82, 2.24) is 4.90 Å². The first kappa shape index (κ1) is 14.4. The number of hydrogen-bond donors (Lipinski definition) is 1. The van der Waals surface area contributed by atoms with Crippen LogP contribution in [0.3, 0.4) is 0 Å². The number of methoxy groups -OCH3 is 1. The van der Waals surface area contributed by atoms with Gasteiger partial charge in [0.1, 0.15) is 5.75 Å². The molecule has 100 valence electrons. The fraction of sp³-hybridized carbons (Fsp3) is 0.500. The lowest BCUT2D eigenvalue weighted by atomic mass is 10.3. The zero-order valence-corrected chi connectivity index (χ0v) is 11.4. The van der Waals surface area contributed by atoms with Crippen LogP contribution in [0.1, 0.15) is 20.3 Å². The fourth-order valence-corrected chi connectivity index (χ4v) is 1.78. The quantitative estimate of drug-likeness (QED) is 0.807. The second-order valence-corrected chi connectivity index (χ2v) is 3.97. The zero-order valence-electron chi connectivity index (χ0n) is 11.4. The van der Waals surface area contributed by atoms with Crippen molar-refractivity contribution < 1.29 is 9.53 Å². The third-order valence-electron chi connectivity index (χ3n) is 2.85. The number of anilines is 1. The summed E-state index contributed by atoms with van der Waals surface area (Å²) in [5.41, 5.74) is 0.974. The highest BCUT2D eigenvalue weighted by Crippen LogP contribution is 2.16. The van der Waals surface area contributed by atoms with E-state index in [1.165, 1.54) is 0 Å². The van der Waals surface area contributed by atoms with Crippen LogP contribution in [0.2, 0.25) is 0 Å². The summed E-state index contributed by atoms with van der Waals surface area (Å²) in [6.45, 7) is 6.18. The Morgan fingerprint density at radius 3 is 2.67 bits per heavy atom. The van der Waals surface area contributed by atoms with Gasteiger partial charge in [-0.05, 0) is 26.0 Å². The van der Waals surface area contributed by atoms with Crippen molar-refractivity contribution in [2.24, 2.45) is 0 Å². The highest BCUT2D eigenvalue weighted by molar-refractivity contribution is 5.76. The van der Waals surface area contributed by atoms with Crippen molar-refractivity contribution >= 4 is 11.6 Å². The molecule has 1 aromatic rings. The maximum absolute atomic E-state index is 11.8. The number of nitrogens with zero attached hydrogens (tertiary/aromatic N) is 1. The molecule has 1 amide bonds. The molecule has 0 saturated heterocycles. The van der Waals surface area contributed by atoms with Crippen molar-refractivity contribution in [1.29, 1.82) is 0 Å². The first-order valence-electron chi connectivity index (χ1n) is 6.37. The molecule has 1 aromatic carbocycles. The smallest absolute Gasteiger partial charge is 0.224 e. The number of hydrogen-bond acceptors (Lipinski definition) is 3. The van der Waals surface area contributed by atoms with Crippen LogP contribution in [0.25, 0.3) is 0 Å². The van der Waals surface area contributed by atoms with Gasteiger partial charge in [0.05, 0.1) is 7.11 Å². The number of amides is 1. The fourth-order valence-electron chi connectivity index (χ4n) is 1.78. The molecule has 4 heteroatoms. The molecule has 0 aromatic heterocycles. The SMILES string of the molecule is CCN(CC)C(=O)CCNc1cccc(OC)c1. The minimum absolute atomic E-state index is 0.190. The molecule has 0 fully saturated rings. The summed E-state index contributed by atoms with van der Waals surface area (Å²) in [6, 6.07) is 7.70.